The molecule has 0 radical (unpaired) electrons. The fourth-order valence-electron chi connectivity index (χ4n) is 1.85. The zero-order chi connectivity index (χ0) is 15.4. The predicted octanol–water partition coefficient (Wildman–Crippen LogP) is 5.97. The maximum absolute atomic E-state index is 6.14. The van der Waals surface area contributed by atoms with Gasteiger partial charge in [-0.1, -0.05) is 46.9 Å². The minimum absolute atomic E-state index is 0.251. The number of halogens is 4. The van der Waals surface area contributed by atoms with Crippen LogP contribution in [0.3, 0.4) is 0 Å². The molecule has 0 aliphatic carbocycles. The fourth-order valence-corrected chi connectivity index (χ4v) is 2.65. The maximum atomic E-state index is 6.14. The summed E-state index contributed by atoms with van der Waals surface area (Å²) in [6.45, 7) is 0.251. The average Bonchev–Trinajstić information content (AvgIpc) is 2.48. The van der Waals surface area contributed by atoms with Crippen LogP contribution in [0.2, 0.25) is 15.1 Å². The first-order valence-corrected chi connectivity index (χ1v) is 7.71. The smallest absolute Gasteiger partial charge is 0.166 e. The lowest BCUT2D eigenvalue weighted by Gasteiger charge is -2.15. The van der Waals surface area contributed by atoms with E-state index in [-0.39, 0.29) is 12.5 Å². The highest BCUT2D eigenvalue weighted by Gasteiger charge is 2.13. The summed E-state index contributed by atoms with van der Waals surface area (Å²) in [5.74, 6) is 1.33. The molecule has 0 atom stereocenters. The van der Waals surface area contributed by atoms with Gasteiger partial charge < -0.3 is 9.47 Å². The number of rotatable bonds is 5. The molecule has 0 saturated carbocycles. The largest absolute Gasteiger partial charge is 0.493 e. The second kappa shape index (κ2) is 7.46. The van der Waals surface area contributed by atoms with E-state index in [0.29, 0.717) is 26.6 Å². The van der Waals surface area contributed by atoms with Crippen LogP contribution in [0.1, 0.15) is 11.1 Å². The van der Waals surface area contributed by atoms with Crippen molar-refractivity contribution in [3.8, 4) is 11.5 Å². The third-order valence-corrected chi connectivity index (χ3v) is 4.23. The van der Waals surface area contributed by atoms with Crippen molar-refractivity contribution < 1.29 is 9.47 Å². The Balaban J connectivity index is 2.29. The van der Waals surface area contributed by atoms with E-state index in [2.05, 4.69) is 0 Å². The molecule has 0 spiro atoms. The van der Waals surface area contributed by atoms with Gasteiger partial charge in [0, 0.05) is 22.2 Å². The van der Waals surface area contributed by atoms with Crippen molar-refractivity contribution in [2.24, 2.45) is 0 Å². The van der Waals surface area contributed by atoms with Crippen LogP contribution in [-0.4, -0.2) is 7.11 Å². The van der Waals surface area contributed by atoms with Crippen molar-refractivity contribution in [1.82, 2.24) is 0 Å². The van der Waals surface area contributed by atoms with E-state index >= 15 is 0 Å². The van der Waals surface area contributed by atoms with Gasteiger partial charge in [0.25, 0.3) is 0 Å². The van der Waals surface area contributed by atoms with Gasteiger partial charge in [0.1, 0.15) is 6.61 Å². The summed E-state index contributed by atoms with van der Waals surface area (Å²) in [6, 6.07) is 8.80. The van der Waals surface area contributed by atoms with Crippen LogP contribution in [0.4, 0.5) is 0 Å². The van der Waals surface area contributed by atoms with Crippen molar-refractivity contribution in [1.29, 1.82) is 0 Å². The Hall–Kier alpha value is -0.800. The fraction of sp³-hybridized carbons (Fsp3) is 0.200. The lowest BCUT2D eigenvalue weighted by atomic mass is 10.2. The van der Waals surface area contributed by atoms with E-state index in [0.717, 1.165) is 11.1 Å². The summed E-state index contributed by atoms with van der Waals surface area (Å²) in [7, 11) is 1.54. The molecule has 0 heterocycles. The number of benzene rings is 2. The number of ether oxygens (including phenoxy) is 2. The van der Waals surface area contributed by atoms with Gasteiger partial charge in [0.15, 0.2) is 11.5 Å². The van der Waals surface area contributed by atoms with Crippen LogP contribution in [0.25, 0.3) is 0 Å². The molecule has 0 unspecified atom stereocenters. The molecule has 2 aromatic rings. The summed E-state index contributed by atoms with van der Waals surface area (Å²) in [5, 5.41) is 1.49. The molecule has 6 heteroatoms. The zero-order valence-electron chi connectivity index (χ0n) is 11.1. The van der Waals surface area contributed by atoms with Gasteiger partial charge in [-0.3, -0.25) is 0 Å². The van der Waals surface area contributed by atoms with Crippen LogP contribution in [-0.2, 0) is 12.5 Å². The molecule has 2 aromatic carbocycles. The molecular formula is C15H12Cl4O2. The van der Waals surface area contributed by atoms with Gasteiger partial charge in [-0.15, -0.1) is 11.6 Å². The number of alkyl halides is 1. The van der Waals surface area contributed by atoms with Crippen LogP contribution in [0.5, 0.6) is 11.5 Å². The topological polar surface area (TPSA) is 18.5 Å². The third kappa shape index (κ3) is 3.89. The quantitative estimate of drug-likeness (QED) is 0.607. The minimum atomic E-state index is 0.251. The monoisotopic (exact) mass is 364 g/mol. The van der Waals surface area contributed by atoms with E-state index in [9.17, 15) is 0 Å². The SMILES string of the molecule is COc1cc(Cl)cc(CCl)c1OCc1cccc(Cl)c1Cl. The molecule has 2 nitrogen and oxygen atoms in total. The Morgan fingerprint density at radius 3 is 2.48 bits per heavy atom. The second-order valence-electron chi connectivity index (χ2n) is 4.23. The molecule has 0 aliphatic heterocycles. The molecule has 2 rings (SSSR count). The van der Waals surface area contributed by atoms with Crippen molar-refractivity contribution in [3.05, 3.63) is 56.5 Å². The van der Waals surface area contributed by atoms with E-state index in [1.807, 2.05) is 12.1 Å². The molecule has 0 saturated heterocycles. The Morgan fingerprint density at radius 1 is 1.05 bits per heavy atom. The lowest BCUT2D eigenvalue weighted by Crippen LogP contribution is -2.01. The summed E-state index contributed by atoms with van der Waals surface area (Å²) in [5.41, 5.74) is 1.53. The summed E-state index contributed by atoms with van der Waals surface area (Å²) in [6.07, 6.45) is 0. The van der Waals surface area contributed by atoms with E-state index in [1.54, 1.807) is 25.3 Å². The Morgan fingerprint density at radius 2 is 1.81 bits per heavy atom. The second-order valence-corrected chi connectivity index (χ2v) is 5.72. The Bertz CT molecular complexity index is 619. The Kier molecular flexibility index (Phi) is 5.88. The van der Waals surface area contributed by atoms with Crippen LogP contribution < -0.4 is 9.47 Å². The van der Waals surface area contributed by atoms with Crippen molar-refractivity contribution in [3.63, 3.8) is 0 Å². The number of methoxy groups -OCH3 is 1. The van der Waals surface area contributed by atoms with Gasteiger partial charge in [0.2, 0.25) is 0 Å². The first kappa shape index (κ1) is 16.6. The molecule has 0 aromatic heterocycles. The molecule has 21 heavy (non-hydrogen) atoms. The molecule has 0 N–H and O–H groups in total. The summed E-state index contributed by atoms with van der Waals surface area (Å²) >= 11 is 24.1. The Labute approximate surface area is 143 Å². The molecule has 0 bridgehead atoms. The molecule has 0 aliphatic rings. The highest BCUT2D eigenvalue weighted by atomic mass is 35.5. The molecular weight excluding hydrogens is 354 g/mol. The van der Waals surface area contributed by atoms with E-state index in [4.69, 9.17) is 55.9 Å². The number of hydrogen-bond donors (Lipinski definition) is 0. The minimum Gasteiger partial charge on any atom is -0.493 e. The molecule has 0 amide bonds. The molecule has 112 valence electrons. The van der Waals surface area contributed by atoms with Gasteiger partial charge in [0.05, 0.1) is 23.0 Å². The lowest BCUT2D eigenvalue weighted by molar-refractivity contribution is 0.282. The summed E-state index contributed by atoms with van der Waals surface area (Å²) in [4.78, 5) is 0. The van der Waals surface area contributed by atoms with Crippen molar-refractivity contribution in [2.45, 2.75) is 12.5 Å². The van der Waals surface area contributed by atoms with Crippen molar-refractivity contribution in [2.75, 3.05) is 7.11 Å². The van der Waals surface area contributed by atoms with E-state index in [1.165, 1.54) is 0 Å². The normalized spacial score (nSPS) is 10.5. The maximum Gasteiger partial charge on any atom is 0.166 e. The molecule has 0 fully saturated rings. The van der Waals surface area contributed by atoms with Crippen LogP contribution in [0.15, 0.2) is 30.3 Å². The number of hydrogen-bond acceptors (Lipinski definition) is 2. The van der Waals surface area contributed by atoms with Crippen LogP contribution in [0, 0.1) is 0 Å². The van der Waals surface area contributed by atoms with E-state index < -0.39 is 0 Å². The highest BCUT2D eigenvalue weighted by molar-refractivity contribution is 6.42. The van der Waals surface area contributed by atoms with Gasteiger partial charge in [-0.05, 0) is 12.1 Å². The van der Waals surface area contributed by atoms with Crippen LogP contribution >= 0.6 is 46.4 Å². The first-order chi connectivity index (χ1) is 10.1. The van der Waals surface area contributed by atoms with Gasteiger partial charge in [-0.25, -0.2) is 0 Å². The summed E-state index contributed by atoms with van der Waals surface area (Å²) < 4.78 is 11.1. The standard InChI is InChI=1S/C15H12Cl4O2/c1-20-13-6-11(17)5-10(7-16)15(13)21-8-9-3-2-4-12(18)14(9)19/h2-6H,7-8H2,1H3. The highest BCUT2D eigenvalue weighted by Crippen LogP contribution is 2.37. The average molecular weight is 366 g/mol. The zero-order valence-corrected chi connectivity index (χ0v) is 14.2. The first-order valence-electron chi connectivity index (χ1n) is 6.05. The van der Waals surface area contributed by atoms with Gasteiger partial charge in [-0.2, -0.15) is 0 Å². The third-order valence-electron chi connectivity index (χ3n) is 2.86. The van der Waals surface area contributed by atoms with Crippen molar-refractivity contribution >= 4 is 46.4 Å². The predicted molar refractivity (Wildman–Crippen MR) is 88.4 cm³/mol. The van der Waals surface area contributed by atoms with Gasteiger partial charge >= 0.3 is 0 Å².